The van der Waals surface area contributed by atoms with Crippen LogP contribution in [-0.4, -0.2) is 25.0 Å². The molecule has 0 aliphatic rings. The van der Waals surface area contributed by atoms with Crippen LogP contribution in [0.15, 0.2) is 42.5 Å². The lowest BCUT2D eigenvalue weighted by molar-refractivity contribution is 0.0786. The lowest BCUT2D eigenvalue weighted by atomic mass is 10.1. The van der Waals surface area contributed by atoms with Crippen LogP contribution in [-0.2, 0) is 6.54 Å². The number of carbonyl (C=O) groups excluding carboxylic acids is 1. The van der Waals surface area contributed by atoms with E-state index in [-0.39, 0.29) is 5.91 Å². The van der Waals surface area contributed by atoms with Gasteiger partial charge in [0.1, 0.15) is 5.75 Å². The minimum absolute atomic E-state index is 0.152. The predicted molar refractivity (Wildman–Crippen MR) is 84.7 cm³/mol. The van der Waals surface area contributed by atoms with Crippen LogP contribution in [0.4, 0.5) is 5.69 Å². The Hall–Kier alpha value is -2.20. The summed E-state index contributed by atoms with van der Waals surface area (Å²) in [7, 11) is 3.28. The first kappa shape index (κ1) is 15.2. The molecule has 0 unspecified atom stereocenters. The Kier molecular flexibility index (Phi) is 4.70. The molecule has 0 fully saturated rings. The molecule has 0 aromatic heterocycles. The molecule has 0 aliphatic heterocycles. The van der Waals surface area contributed by atoms with Gasteiger partial charge in [-0.05, 0) is 35.9 Å². The van der Waals surface area contributed by atoms with Gasteiger partial charge in [-0.1, -0.05) is 23.7 Å². The molecule has 2 aromatic rings. The molecule has 110 valence electrons. The van der Waals surface area contributed by atoms with Crippen LogP contribution in [0.5, 0.6) is 5.75 Å². The van der Waals surface area contributed by atoms with Crippen LogP contribution in [0.3, 0.4) is 0 Å². The maximum Gasteiger partial charge on any atom is 0.256 e. The molecule has 0 bridgehead atoms. The van der Waals surface area contributed by atoms with E-state index in [4.69, 9.17) is 22.1 Å². The highest BCUT2D eigenvalue weighted by atomic mass is 35.5. The van der Waals surface area contributed by atoms with Crippen molar-refractivity contribution >= 4 is 23.2 Å². The van der Waals surface area contributed by atoms with Gasteiger partial charge in [-0.25, -0.2) is 0 Å². The van der Waals surface area contributed by atoms with Gasteiger partial charge in [0.2, 0.25) is 0 Å². The molecule has 0 atom stereocenters. The van der Waals surface area contributed by atoms with Gasteiger partial charge in [0.05, 0.1) is 12.7 Å². The van der Waals surface area contributed by atoms with Gasteiger partial charge in [-0.15, -0.1) is 0 Å². The largest absolute Gasteiger partial charge is 0.497 e. The highest BCUT2D eigenvalue weighted by Crippen LogP contribution is 2.21. The van der Waals surface area contributed by atoms with E-state index in [0.29, 0.717) is 28.6 Å². The van der Waals surface area contributed by atoms with Crippen LogP contribution in [0, 0.1) is 0 Å². The number of hydrogen-bond donors (Lipinski definition) is 1. The summed E-state index contributed by atoms with van der Waals surface area (Å²) in [4.78, 5) is 14.1. The molecular formula is C16H17ClN2O2. The van der Waals surface area contributed by atoms with Crippen molar-refractivity contribution in [2.24, 2.45) is 0 Å². The van der Waals surface area contributed by atoms with Crippen molar-refractivity contribution in [3.8, 4) is 5.75 Å². The molecule has 0 heterocycles. The van der Waals surface area contributed by atoms with E-state index in [1.807, 2.05) is 12.1 Å². The fraction of sp³-hybridized carbons (Fsp3) is 0.188. The molecule has 0 spiro atoms. The smallest absolute Gasteiger partial charge is 0.256 e. The van der Waals surface area contributed by atoms with Gasteiger partial charge in [0.15, 0.2) is 0 Å². The first-order valence-electron chi connectivity index (χ1n) is 6.44. The first-order chi connectivity index (χ1) is 10.0. The molecule has 2 N–H and O–H groups in total. The van der Waals surface area contributed by atoms with Crippen molar-refractivity contribution in [2.75, 3.05) is 19.9 Å². The Labute approximate surface area is 129 Å². The van der Waals surface area contributed by atoms with Crippen LogP contribution in [0.2, 0.25) is 5.02 Å². The monoisotopic (exact) mass is 304 g/mol. The van der Waals surface area contributed by atoms with Crippen molar-refractivity contribution in [2.45, 2.75) is 6.54 Å². The van der Waals surface area contributed by atoms with Gasteiger partial charge in [0.25, 0.3) is 5.91 Å². The lowest BCUT2D eigenvalue weighted by Crippen LogP contribution is -2.27. The number of nitrogens with zero attached hydrogens (tertiary/aromatic N) is 1. The van der Waals surface area contributed by atoms with Gasteiger partial charge in [-0.3, -0.25) is 4.79 Å². The van der Waals surface area contributed by atoms with Crippen LogP contribution in [0.1, 0.15) is 15.9 Å². The summed E-state index contributed by atoms with van der Waals surface area (Å²) in [5, 5.41) is 0.671. The molecule has 0 saturated heterocycles. The SMILES string of the molecule is COc1ccc(N)c(C(=O)N(C)Cc2ccc(Cl)cc2)c1. The third-order valence-corrected chi connectivity index (χ3v) is 3.42. The van der Waals surface area contributed by atoms with E-state index >= 15 is 0 Å². The summed E-state index contributed by atoms with van der Waals surface area (Å²) in [6, 6.07) is 12.4. The van der Waals surface area contributed by atoms with Gasteiger partial charge in [-0.2, -0.15) is 0 Å². The van der Waals surface area contributed by atoms with E-state index in [2.05, 4.69) is 0 Å². The topological polar surface area (TPSA) is 55.6 Å². The molecule has 2 aromatic carbocycles. The molecular weight excluding hydrogens is 288 g/mol. The summed E-state index contributed by atoms with van der Waals surface area (Å²) in [5.41, 5.74) is 7.74. The molecule has 4 nitrogen and oxygen atoms in total. The molecule has 0 saturated carbocycles. The molecule has 1 amide bonds. The zero-order valence-corrected chi connectivity index (χ0v) is 12.7. The van der Waals surface area contributed by atoms with Crippen molar-refractivity contribution < 1.29 is 9.53 Å². The Bertz CT molecular complexity index is 641. The Morgan fingerprint density at radius 1 is 1.24 bits per heavy atom. The number of benzene rings is 2. The third-order valence-electron chi connectivity index (χ3n) is 3.17. The molecule has 0 aliphatic carbocycles. The van der Waals surface area contributed by atoms with E-state index in [1.165, 1.54) is 0 Å². The molecule has 2 rings (SSSR count). The number of hydrogen-bond acceptors (Lipinski definition) is 3. The van der Waals surface area contributed by atoms with Crippen LogP contribution >= 0.6 is 11.6 Å². The normalized spacial score (nSPS) is 10.2. The summed E-state index contributed by atoms with van der Waals surface area (Å²) < 4.78 is 5.13. The highest BCUT2D eigenvalue weighted by Gasteiger charge is 2.16. The summed E-state index contributed by atoms with van der Waals surface area (Å²) in [6.07, 6.45) is 0. The maximum atomic E-state index is 12.5. The molecule has 0 radical (unpaired) electrons. The number of nitrogen functional groups attached to an aromatic ring is 1. The number of halogens is 1. The number of amides is 1. The molecule has 21 heavy (non-hydrogen) atoms. The zero-order valence-electron chi connectivity index (χ0n) is 12.0. The van der Waals surface area contributed by atoms with Crippen molar-refractivity contribution in [1.29, 1.82) is 0 Å². The van der Waals surface area contributed by atoms with Crippen LogP contribution < -0.4 is 10.5 Å². The van der Waals surface area contributed by atoms with E-state index in [0.717, 1.165) is 5.56 Å². The quantitative estimate of drug-likeness (QED) is 0.883. The van der Waals surface area contributed by atoms with Crippen molar-refractivity contribution in [3.63, 3.8) is 0 Å². The predicted octanol–water partition coefficient (Wildman–Crippen LogP) is 3.20. The zero-order chi connectivity index (χ0) is 15.4. The fourth-order valence-electron chi connectivity index (χ4n) is 1.99. The second kappa shape index (κ2) is 6.50. The summed E-state index contributed by atoms with van der Waals surface area (Å²) >= 11 is 5.85. The average Bonchev–Trinajstić information content (AvgIpc) is 2.49. The van der Waals surface area contributed by atoms with Crippen LogP contribution in [0.25, 0.3) is 0 Å². The minimum atomic E-state index is -0.152. The van der Waals surface area contributed by atoms with Crippen molar-refractivity contribution in [1.82, 2.24) is 4.90 Å². The Balaban J connectivity index is 2.17. The second-order valence-electron chi connectivity index (χ2n) is 4.74. The second-order valence-corrected chi connectivity index (χ2v) is 5.18. The third kappa shape index (κ3) is 3.67. The van der Waals surface area contributed by atoms with E-state index < -0.39 is 0 Å². The van der Waals surface area contributed by atoms with E-state index in [9.17, 15) is 4.79 Å². The Morgan fingerprint density at radius 2 is 1.90 bits per heavy atom. The van der Waals surface area contributed by atoms with Gasteiger partial charge in [0, 0.05) is 24.3 Å². The maximum absolute atomic E-state index is 12.5. The molecule has 5 heteroatoms. The first-order valence-corrected chi connectivity index (χ1v) is 6.82. The highest BCUT2D eigenvalue weighted by molar-refractivity contribution is 6.30. The number of ether oxygens (including phenoxy) is 1. The van der Waals surface area contributed by atoms with Gasteiger partial charge < -0.3 is 15.4 Å². The summed E-state index contributed by atoms with van der Waals surface area (Å²) in [6.45, 7) is 0.479. The number of methoxy groups -OCH3 is 1. The fourth-order valence-corrected chi connectivity index (χ4v) is 2.11. The number of anilines is 1. The number of rotatable bonds is 4. The summed E-state index contributed by atoms with van der Waals surface area (Å²) in [5.74, 6) is 0.453. The van der Waals surface area contributed by atoms with Gasteiger partial charge >= 0.3 is 0 Å². The van der Waals surface area contributed by atoms with Crippen molar-refractivity contribution in [3.05, 3.63) is 58.6 Å². The Morgan fingerprint density at radius 3 is 2.52 bits per heavy atom. The van der Waals surface area contributed by atoms with E-state index in [1.54, 1.807) is 49.4 Å². The lowest BCUT2D eigenvalue weighted by Gasteiger charge is -2.19. The standard InChI is InChI=1S/C16H17ClN2O2/c1-19(10-11-3-5-12(17)6-4-11)16(20)14-9-13(21-2)7-8-15(14)18/h3-9H,10,18H2,1-2H3. The number of nitrogens with two attached hydrogens (primary N) is 1. The minimum Gasteiger partial charge on any atom is -0.497 e. The average molecular weight is 305 g/mol. The number of carbonyl (C=O) groups is 1.